The van der Waals surface area contributed by atoms with Gasteiger partial charge in [0, 0.05) is 35.8 Å². The van der Waals surface area contributed by atoms with Crippen LogP contribution in [0.3, 0.4) is 0 Å². The van der Waals surface area contributed by atoms with Gasteiger partial charge in [0.2, 0.25) is 5.91 Å². The van der Waals surface area contributed by atoms with Gasteiger partial charge in [0.05, 0.1) is 12.7 Å². The van der Waals surface area contributed by atoms with Crippen LogP contribution in [-0.4, -0.2) is 40.1 Å². The van der Waals surface area contributed by atoms with Crippen molar-refractivity contribution in [1.82, 2.24) is 20.4 Å². The molecule has 100 valence electrons. The van der Waals surface area contributed by atoms with E-state index in [0.29, 0.717) is 6.54 Å². The van der Waals surface area contributed by atoms with E-state index in [-0.39, 0.29) is 17.4 Å². The Bertz CT molecular complexity index is 436. The van der Waals surface area contributed by atoms with E-state index in [1.165, 1.54) is 11.3 Å². The molecule has 5 heteroatoms. The van der Waals surface area contributed by atoms with Crippen molar-refractivity contribution in [1.29, 1.82) is 0 Å². The van der Waals surface area contributed by atoms with E-state index in [1.807, 2.05) is 20.0 Å². The highest BCUT2D eigenvalue weighted by atomic mass is 16.2. The maximum absolute atomic E-state index is 11.8. The van der Waals surface area contributed by atoms with Crippen LogP contribution in [0.4, 0.5) is 0 Å². The molecule has 5 nitrogen and oxygen atoms in total. The number of carbonyl (C=O) groups excluding carboxylic acids is 1. The maximum Gasteiger partial charge on any atom is 0.234 e. The van der Waals surface area contributed by atoms with Gasteiger partial charge in [-0.15, -0.1) is 0 Å². The average molecular weight is 250 g/mol. The summed E-state index contributed by atoms with van der Waals surface area (Å²) >= 11 is 0. The number of rotatable bonds is 3. The molecule has 0 aliphatic carbocycles. The van der Waals surface area contributed by atoms with Crippen molar-refractivity contribution < 1.29 is 4.79 Å². The Balaban J connectivity index is 2.04. The molecule has 2 heterocycles. The van der Waals surface area contributed by atoms with E-state index in [9.17, 15) is 4.79 Å². The minimum absolute atomic E-state index is 0.0161. The molecule has 0 spiro atoms. The number of aromatic amines is 1. The Hall–Kier alpha value is -1.36. The summed E-state index contributed by atoms with van der Waals surface area (Å²) in [6, 6.07) is 0.194. The average Bonchev–Trinajstić information content (AvgIpc) is 2.63. The van der Waals surface area contributed by atoms with Crippen LogP contribution in [0.25, 0.3) is 0 Å². The lowest BCUT2D eigenvalue weighted by Crippen LogP contribution is -2.47. The van der Waals surface area contributed by atoms with Crippen molar-refractivity contribution in [2.75, 3.05) is 13.1 Å². The fraction of sp³-hybridized carbons (Fsp3) is 0.692. The number of carbonyl (C=O) groups is 1. The van der Waals surface area contributed by atoms with Crippen LogP contribution in [0.5, 0.6) is 0 Å². The lowest BCUT2D eigenvalue weighted by molar-refractivity contribution is -0.123. The van der Waals surface area contributed by atoms with E-state index in [0.717, 1.165) is 13.1 Å². The second kappa shape index (κ2) is 4.72. The zero-order valence-electron chi connectivity index (χ0n) is 11.6. The van der Waals surface area contributed by atoms with E-state index in [2.05, 4.69) is 34.3 Å². The zero-order valence-corrected chi connectivity index (χ0v) is 11.6. The summed E-state index contributed by atoms with van der Waals surface area (Å²) in [4.78, 5) is 14.0. The summed E-state index contributed by atoms with van der Waals surface area (Å²) < 4.78 is 0. The van der Waals surface area contributed by atoms with E-state index < -0.39 is 0 Å². The van der Waals surface area contributed by atoms with Crippen molar-refractivity contribution in [2.24, 2.45) is 0 Å². The fourth-order valence-electron chi connectivity index (χ4n) is 2.63. The summed E-state index contributed by atoms with van der Waals surface area (Å²) in [6.07, 6.45) is 1.86. The molecule has 1 aromatic rings. The summed E-state index contributed by atoms with van der Waals surface area (Å²) in [7, 11) is 0. The monoisotopic (exact) mass is 250 g/mol. The van der Waals surface area contributed by atoms with Crippen LogP contribution in [0.15, 0.2) is 6.20 Å². The number of hydrogen-bond donors (Lipinski definition) is 2. The topological polar surface area (TPSA) is 61.0 Å². The van der Waals surface area contributed by atoms with Gasteiger partial charge in [0.1, 0.15) is 0 Å². The van der Waals surface area contributed by atoms with Crippen molar-refractivity contribution in [3.63, 3.8) is 0 Å². The Kier molecular flexibility index (Phi) is 3.43. The number of hydrogen-bond acceptors (Lipinski definition) is 3. The van der Waals surface area contributed by atoms with Crippen molar-refractivity contribution in [2.45, 2.75) is 45.7 Å². The van der Waals surface area contributed by atoms with Crippen molar-refractivity contribution in [3.05, 3.63) is 17.5 Å². The first kappa shape index (κ1) is 13.1. The third-order valence-corrected chi connectivity index (χ3v) is 3.22. The highest BCUT2D eigenvalue weighted by Crippen LogP contribution is 2.31. The molecule has 1 aliphatic heterocycles. The normalized spacial score (nSPS) is 18.7. The summed E-state index contributed by atoms with van der Waals surface area (Å²) in [5.74, 6) is 0.0905. The number of nitrogens with zero attached hydrogens (tertiary/aromatic N) is 2. The third kappa shape index (κ3) is 2.72. The molecule has 0 bridgehead atoms. The van der Waals surface area contributed by atoms with E-state index >= 15 is 0 Å². The highest BCUT2D eigenvalue weighted by molar-refractivity contribution is 5.78. The van der Waals surface area contributed by atoms with Gasteiger partial charge >= 0.3 is 0 Å². The molecule has 1 aliphatic rings. The standard InChI is InChI=1S/C13H22N4O/c1-9(2)15-11(18)7-17-6-10-5-14-16-12(10)13(3,4)8-17/h5,9H,6-8H2,1-4H3,(H,14,16)(H,15,18). The van der Waals surface area contributed by atoms with E-state index in [4.69, 9.17) is 0 Å². The van der Waals surface area contributed by atoms with Crippen LogP contribution in [0.1, 0.15) is 39.0 Å². The SMILES string of the molecule is CC(C)NC(=O)CN1Cc2cn[nH]c2C(C)(C)C1. The number of amides is 1. The lowest BCUT2D eigenvalue weighted by atomic mass is 9.83. The van der Waals surface area contributed by atoms with Gasteiger partial charge < -0.3 is 5.32 Å². The van der Waals surface area contributed by atoms with Gasteiger partial charge in [0.25, 0.3) is 0 Å². The molecule has 0 unspecified atom stereocenters. The second-order valence-corrected chi connectivity index (χ2v) is 6.02. The quantitative estimate of drug-likeness (QED) is 0.842. The summed E-state index contributed by atoms with van der Waals surface area (Å²) in [5, 5.41) is 10.1. The Labute approximate surface area is 108 Å². The molecule has 1 aromatic heterocycles. The number of nitrogens with one attached hydrogen (secondary N) is 2. The molecule has 0 saturated heterocycles. The van der Waals surface area contributed by atoms with Gasteiger partial charge in [0.15, 0.2) is 0 Å². The highest BCUT2D eigenvalue weighted by Gasteiger charge is 2.33. The van der Waals surface area contributed by atoms with Gasteiger partial charge in [-0.25, -0.2) is 0 Å². The lowest BCUT2D eigenvalue weighted by Gasteiger charge is -2.37. The van der Waals surface area contributed by atoms with Gasteiger partial charge in [-0.3, -0.25) is 14.8 Å². The molecule has 1 amide bonds. The first-order valence-corrected chi connectivity index (χ1v) is 6.43. The number of fused-ring (bicyclic) bond motifs is 1. The first-order valence-electron chi connectivity index (χ1n) is 6.43. The Morgan fingerprint density at radius 3 is 3.00 bits per heavy atom. The maximum atomic E-state index is 11.8. The number of H-pyrrole nitrogens is 1. The first-order chi connectivity index (χ1) is 8.38. The van der Waals surface area contributed by atoms with Crippen LogP contribution >= 0.6 is 0 Å². The van der Waals surface area contributed by atoms with Gasteiger partial charge in [-0.05, 0) is 13.8 Å². The third-order valence-electron chi connectivity index (χ3n) is 3.22. The molecular weight excluding hydrogens is 228 g/mol. The molecule has 0 radical (unpaired) electrons. The molecule has 0 aromatic carbocycles. The van der Waals surface area contributed by atoms with Crippen LogP contribution in [0.2, 0.25) is 0 Å². The molecule has 0 fully saturated rings. The van der Waals surface area contributed by atoms with E-state index in [1.54, 1.807) is 0 Å². The predicted molar refractivity (Wildman–Crippen MR) is 70.2 cm³/mol. The Morgan fingerprint density at radius 2 is 2.33 bits per heavy atom. The summed E-state index contributed by atoms with van der Waals surface area (Å²) in [5.41, 5.74) is 2.41. The van der Waals surface area contributed by atoms with Gasteiger partial charge in [-0.1, -0.05) is 13.8 Å². The zero-order chi connectivity index (χ0) is 13.3. The number of aromatic nitrogens is 2. The minimum Gasteiger partial charge on any atom is -0.353 e. The van der Waals surface area contributed by atoms with Gasteiger partial charge in [-0.2, -0.15) is 5.10 Å². The molecule has 2 rings (SSSR count). The molecule has 2 N–H and O–H groups in total. The summed E-state index contributed by atoms with van der Waals surface area (Å²) in [6.45, 7) is 10.4. The predicted octanol–water partition coefficient (Wildman–Crippen LogP) is 1.03. The Morgan fingerprint density at radius 1 is 1.61 bits per heavy atom. The molecule has 0 saturated carbocycles. The van der Waals surface area contributed by atoms with Crippen LogP contribution < -0.4 is 5.32 Å². The van der Waals surface area contributed by atoms with Crippen molar-refractivity contribution in [3.8, 4) is 0 Å². The molecule has 0 atom stereocenters. The van der Waals surface area contributed by atoms with Crippen molar-refractivity contribution >= 4 is 5.91 Å². The van der Waals surface area contributed by atoms with Crippen LogP contribution in [-0.2, 0) is 16.8 Å². The minimum atomic E-state index is 0.0161. The smallest absolute Gasteiger partial charge is 0.234 e. The van der Waals surface area contributed by atoms with Crippen LogP contribution in [0, 0.1) is 0 Å². The fourth-order valence-corrected chi connectivity index (χ4v) is 2.63. The second-order valence-electron chi connectivity index (χ2n) is 6.02. The molecular formula is C13H22N4O. The largest absolute Gasteiger partial charge is 0.353 e. The molecule has 18 heavy (non-hydrogen) atoms.